The van der Waals surface area contributed by atoms with Crippen LogP contribution in [0, 0.1) is 0 Å². The van der Waals surface area contributed by atoms with E-state index in [9.17, 15) is 4.79 Å². The molecule has 4 heteroatoms. The van der Waals surface area contributed by atoms with Crippen LogP contribution in [0.15, 0.2) is 54.7 Å². The van der Waals surface area contributed by atoms with Crippen LogP contribution in [-0.4, -0.2) is 24.6 Å². The molecular formula is C22H30N2O2. The standard InChI is InChI=1S/C17H16N2O.C3H8O.C2H6/c18-16-7-3-1-5-14(16)12-19-11-13(9-10-20)15-6-2-4-8-17(15)19;1-3-4-2;1-2/h1-8,10-11H,9,12,18H2;3H2,1-2H3;1-2H3. The molecule has 0 spiro atoms. The maximum atomic E-state index is 10.8. The third-order valence-electron chi connectivity index (χ3n) is 3.86. The maximum absolute atomic E-state index is 10.8. The number of aldehydes is 1. The zero-order valence-corrected chi connectivity index (χ0v) is 16.2. The summed E-state index contributed by atoms with van der Waals surface area (Å²) in [6, 6.07) is 16.0. The highest BCUT2D eigenvalue weighted by Crippen LogP contribution is 2.23. The van der Waals surface area contributed by atoms with Gasteiger partial charge in [0.2, 0.25) is 0 Å². The number of nitrogens with two attached hydrogens (primary N) is 1. The van der Waals surface area contributed by atoms with Gasteiger partial charge in [0.15, 0.2) is 0 Å². The number of fused-ring (bicyclic) bond motifs is 1. The molecule has 0 aliphatic carbocycles. The minimum Gasteiger partial charge on any atom is -0.398 e. The normalized spacial score (nSPS) is 9.69. The van der Waals surface area contributed by atoms with E-state index >= 15 is 0 Å². The molecule has 4 nitrogen and oxygen atoms in total. The molecule has 0 unspecified atom stereocenters. The van der Waals surface area contributed by atoms with Gasteiger partial charge in [-0.1, -0.05) is 50.2 Å². The van der Waals surface area contributed by atoms with Gasteiger partial charge in [-0.2, -0.15) is 0 Å². The number of para-hydroxylation sites is 2. The lowest BCUT2D eigenvalue weighted by Gasteiger charge is -2.08. The summed E-state index contributed by atoms with van der Waals surface area (Å²) in [5, 5.41) is 1.13. The number of rotatable bonds is 5. The van der Waals surface area contributed by atoms with Crippen molar-refractivity contribution in [2.45, 2.75) is 33.7 Å². The Morgan fingerprint density at radius 2 is 1.65 bits per heavy atom. The van der Waals surface area contributed by atoms with E-state index in [1.54, 1.807) is 7.11 Å². The average Bonchev–Trinajstić information content (AvgIpc) is 3.03. The fourth-order valence-corrected chi connectivity index (χ4v) is 2.57. The number of anilines is 1. The van der Waals surface area contributed by atoms with Gasteiger partial charge < -0.3 is 19.8 Å². The lowest BCUT2D eigenvalue weighted by Crippen LogP contribution is -2.01. The zero-order valence-electron chi connectivity index (χ0n) is 16.2. The van der Waals surface area contributed by atoms with Gasteiger partial charge in [0.25, 0.3) is 0 Å². The molecule has 26 heavy (non-hydrogen) atoms. The summed E-state index contributed by atoms with van der Waals surface area (Å²) >= 11 is 0. The van der Waals surface area contributed by atoms with E-state index in [4.69, 9.17) is 5.73 Å². The van der Waals surface area contributed by atoms with Crippen LogP contribution in [0.25, 0.3) is 10.9 Å². The molecule has 0 atom stereocenters. The Balaban J connectivity index is 0.000000500. The summed E-state index contributed by atoms with van der Waals surface area (Å²) in [7, 11) is 1.68. The first kappa shape index (κ1) is 21.5. The molecule has 1 heterocycles. The van der Waals surface area contributed by atoms with Gasteiger partial charge in [-0.3, -0.25) is 0 Å². The van der Waals surface area contributed by atoms with Crippen LogP contribution in [0.1, 0.15) is 31.9 Å². The molecule has 0 saturated heterocycles. The molecule has 2 aromatic carbocycles. The molecular weight excluding hydrogens is 324 g/mol. The fourth-order valence-electron chi connectivity index (χ4n) is 2.57. The van der Waals surface area contributed by atoms with E-state index < -0.39 is 0 Å². The van der Waals surface area contributed by atoms with Crippen LogP contribution in [0.4, 0.5) is 5.69 Å². The second kappa shape index (κ2) is 11.9. The Morgan fingerprint density at radius 1 is 1.04 bits per heavy atom. The largest absolute Gasteiger partial charge is 0.398 e. The van der Waals surface area contributed by atoms with Crippen LogP contribution in [0.5, 0.6) is 0 Å². The minimum absolute atomic E-state index is 0.442. The summed E-state index contributed by atoms with van der Waals surface area (Å²) in [4.78, 5) is 10.8. The van der Waals surface area contributed by atoms with Gasteiger partial charge in [-0.05, 0) is 30.2 Å². The minimum atomic E-state index is 0.442. The molecule has 0 bridgehead atoms. The van der Waals surface area contributed by atoms with Crippen LogP contribution in [0.3, 0.4) is 0 Å². The van der Waals surface area contributed by atoms with Crippen LogP contribution in [0.2, 0.25) is 0 Å². The van der Waals surface area contributed by atoms with E-state index in [0.29, 0.717) is 13.0 Å². The molecule has 3 aromatic rings. The molecule has 0 amide bonds. The smallest absolute Gasteiger partial charge is 0.124 e. The first-order valence-electron chi connectivity index (χ1n) is 9.04. The Morgan fingerprint density at radius 3 is 2.27 bits per heavy atom. The first-order chi connectivity index (χ1) is 12.7. The molecule has 1 aromatic heterocycles. The van der Waals surface area contributed by atoms with Gasteiger partial charge in [-0.15, -0.1) is 0 Å². The average molecular weight is 354 g/mol. The fraction of sp³-hybridized carbons (Fsp3) is 0.318. The SMILES string of the molecule is CC.CCOC.Nc1ccccc1Cn1cc(CC=O)c2ccccc21. The molecule has 3 rings (SSSR count). The summed E-state index contributed by atoms with van der Waals surface area (Å²) < 4.78 is 6.69. The number of aromatic nitrogens is 1. The Hall–Kier alpha value is -2.59. The number of carbonyl (C=O) groups excluding carboxylic acids is 1. The molecule has 140 valence electrons. The molecule has 0 aliphatic heterocycles. The topological polar surface area (TPSA) is 57.2 Å². The number of benzene rings is 2. The highest BCUT2D eigenvalue weighted by atomic mass is 16.5. The zero-order chi connectivity index (χ0) is 19.4. The van der Waals surface area contributed by atoms with Gasteiger partial charge in [0.05, 0.1) is 0 Å². The summed E-state index contributed by atoms with van der Waals surface area (Å²) in [5.74, 6) is 0. The summed E-state index contributed by atoms with van der Waals surface area (Å²) in [6.45, 7) is 7.49. The van der Waals surface area contributed by atoms with Gasteiger partial charge in [0.1, 0.15) is 6.29 Å². The van der Waals surface area contributed by atoms with Gasteiger partial charge in [-0.25, -0.2) is 0 Å². The van der Waals surface area contributed by atoms with Crippen LogP contribution >= 0.6 is 0 Å². The van der Waals surface area contributed by atoms with Crippen molar-refractivity contribution in [3.63, 3.8) is 0 Å². The van der Waals surface area contributed by atoms with Crippen molar-refractivity contribution in [1.82, 2.24) is 4.57 Å². The number of ether oxygens (including phenoxy) is 1. The third kappa shape index (κ3) is 5.74. The van der Waals surface area contributed by atoms with Crippen molar-refractivity contribution in [2.75, 3.05) is 19.5 Å². The van der Waals surface area contributed by atoms with Crippen molar-refractivity contribution < 1.29 is 9.53 Å². The molecule has 2 N–H and O–H groups in total. The van der Waals surface area contributed by atoms with E-state index in [1.165, 1.54) is 0 Å². The highest BCUT2D eigenvalue weighted by Gasteiger charge is 2.08. The number of nitrogen functional groups attached to an aromatic ring is 1. The van der Waals surface area contributed by atoms with E-state index in [2.05, 4.69) is 21.4 Å². The van der Waals surface area contributed by atoms with Crippen molar-refractivity contribution in [2.24, 2.45) is 0 Å². The summed E-state index contributed by atoms with van der Waals surface area (Å²) in [5.41, 5.74) is 10.1. The Kier molecular flexibility index (Phi) is 9.80. The number of methoxy groups -OCH3 is 1. The number of hydrogen-bond donors (Lipinski definition) is 1. The highest BCUT2D eigenvalue weighted by molar-refractivity contribution is 5.86. The lowest BCUT2D eigenvalue weighted by atomic mass is 10.1. The van der Waals surface area contributed by atoms with Gasteiger partial charge in [0, 0.05) is 49.5 Å². The van der Waals surface area contributed by atoms with E-state index in [0.717, 1.165) is 40.6 Å². The lowest BCUT2D eigenvalue weighted by molar-refractivity contribution is -0.107. The number of hydrogen-bond acceptors (Lipinski definition) is 3. The molecule has 0 fully saturated rings. The van der Waals surface area contributed by atoms with Crippen LogP contribution in [-0.2, 0) is 22.5 Å². The van der Waals surface area contributed by atoms with E-state index in [1.807, 2.05) is 63.4 Å². The second-order valence-electron chi connectivity index (χ2n) is 5.45. The first-order valence-corrected chi connectivity index (χ1v) is 9.04. The second-order valence-corrected chi connectivity index (χ2v) is 5.45. The third-order valence-corrected chi connectivity index (χ3v) is 3.86. The van der Waals surface area contributed by atoms with Crippen molar-refractivity contribution in [3.8, 4) is 0 Å². The predicted molar refractivity (Wildman–Crippen MR) is 111 cm³/mol. The predicted octanol–water partition coefficient (Wildman–Crippen LogP) is 4.69. The van der Waals surface area contributed by atoms with Crippen molar-refractivity contribution in [1.29, 1.82) is 0 Å². The summed E-state index contributed by atoms with van der Waals surface area (Å²) in [6.07, 6.45) is 3.44. The Labute approximate surface area is 156 Å². The molecule has 0 radical (unpaired) electrons. The van der Waals surface area contributed by atoms with Crippen molar-refractivity contribution >= 4 is 22.9 Å². The van der Waals surface area contributed by atoms with Crippen LogP contribution < -0.4 is 5.73 Å². The number of nitrogens with zero attached hydrogens (tertiary/aromatic N) is 1. The van der Waals surface area contributed by atoms with Crippen molar-refractivity contribution in [3.05, 3.63) is 65.9 Å². The van der Waals surface area contributed by atoms with Gasteiger partial charge >= 0.3 is 0 Å². The number of carbonyl (C=O) groups is 1. The molecule has 0 aliphatic rings. The quantitative estimate of drug-likeness (QED) is 0.534. The monoisotopic (exact) mass is 354 g/mol. The van der Waals surface area contributed by atoms with E-state index in [-0.39, 0.29) is 0 Å². The molecule has 0 saturated carbocycles. The Bertz CT molecular complexity index is 792. The maximum Gasteiger partial charge on any atom is 0.124 e.